The summed E-state index contributed by atoms with van der Waals surface area (Å²) in [6.07, 6.45) is 3.62. The number of phenolic OH excluding ortho intramolecular Hbond substituents is 2. The molecular weight excluding hydrogens is 312 g/mol. The lowest BCUT2D eigenvalue weighted by Gasteiger charge is -2.12. The van der Waals surface area contributed by atoms with E-state index < -0.39 is 0 Å². The van der Waals surface area contributed by atoms with Crippen molar-refractivity contribution >= 4 is 23.8 Å². The van der Waals surface area contributed by atoms with Crippen LogP contribution in [-0.4, -0.2) is 22.6 Å². The van der Waals surface area contributed by atoms with Crippen molar-refractivity contribution in [1.82, 2.24) is 0 Å². The quantitative estimate of drug-likeness (QED) is 0.834. The molecule has 25 heavy (non-hydrogen) atoms. The minimum Gasteiger partial charge on any atom is -0.507 e. The summed E-state index contributed by atoms with van der Waals surface area (Å²) in [5.74, 6) is 0.289. The van der Waals surface area contributed by atoms with Crippen LogP contribution >= 0.6 is 0 Å². The first-order valence-corrected chi connectivity index (χ1v) is 8.21. The Balaban J connectivity index is 2.29. The van der Waals surface area contributed by atoms with Gasteiger partial charge in [-0.15, -0.1) is 0 Å². The van der Waals surface area contributed by atoms with Crippen LogP contribution in [0.1, 0.15) is 36.1 Å². The van der Waals surface area contributed by atoms with Crippen LogP contribution in [0, 0.1) is 19.3 Å². The predicted octanol–water partition coefficient (Wildman–Crippen LogP) is 4.72. The van der Waals surface area contributed by atoms with Gasteiger partial charge in [0, 0.05) is 29.0 Å². The largest absolute Gasteiger partial charge is 0.507 e. The van der Waals surface area contributed by atoms with Crippen molar-refractivity contribution in [3.8, 4) is 11.5 Å². The van der Waals surface area contributed by atoms with E-state index in [-0.39, 0.29) is 16.9 Å². The first-order valence-electron chi connectivity index (χ1n) is 8.21. The highest BCUT2D eigenvalue weighted by Crippen LogP contribution is 2.38. The average Bonchev–Trinajstić information content (AvgIpc) is 2.67. The van der Waals surface area contributed by atoms with Gasteiger partial charge in [0.25, 0.3) is 0 Å². The van der Waals surface area contributed by atoms with E-state index in [1.165, 1.54) is 0 Å². The van der Waals surface area contributed by atoms with Crippen LogP contribution in [0.2, 0.25) is 0 Å². The van der Waals surface area contributed by atoms with Crippen LogP contribution in [0.3, 0.4) is 0 Å². The molecular formula is C21H22N2O2. The summed E-state index contributed by atoms with van der Waals surface area (Å²) in [4.78, 5) is 9.23. The third kappa shape index (κ3) is 3.48. The van der Waals surface area contributed by atoms with E-state index in [4.69, 9.17) is 0 Å². The van der Waals surface area contributed by atoms with Gasteiger partial charge < -0.3 is 10.2 Å². The topological polar surface area (TPSA) is 65.2 Å². The van der Waals surface area contributed by atoms with Gasteiger partial charge in [0.05, 0.1) is 11.4 Å². The van der Waals surface area contributed by atoms with Gasteiger partial charge in [-0.05, 0) is 63.1 Å². The molecule has 1 aliphatic heterocycles. The Morgan fingerprint density at radius 2 is 1.12 bits per heavy atom. The fraction of sp³-hybridized carbons (Fsp3) is 0.238. The number of hydrogen-bond acceptors (Lipinski definition) is 4. The van der Waals surface area contributed by atoms with Crippen LogP contribution in [-0.2, 0) is 0 Å². The molecule has 128 valence electrons. The summed E-state index contributed by atoms with van der Waals surface area (Å²) in [5, 5.41) is 20.8. The van der Waals surface area contributed by atoms with E-state index in [1.807, 2.05) is 64.4 Å². The number of benzene rings is 2. The standard InChI is InChI=1S/C21H22N2O2/c1-13-5-7-15(17(24)9-13)19-20(23-12-21(3,4)11-22-19)16-8-6-14(2)10-18(16)25/h5-12,24-25H,1-4H3. The van der Waals surface area contributed by atoms with E-state index in [1.54, 1.807) is 12.1 Å². The third-order valence-corrected chi connectivity index (χ3v) is 4.09. The molecule has 0 saturated carbocycles. The van der Waals surface area contributed by atoms with Crippen molar-refractivity contribution in [2.24, 2.45) is 15.4 Å². The predicted molar refractivity (Wildman–Crippen MR) is 103 cm³/mol. The number of phenols is 2. The molecule has 1 heterocycles. The van der Waals surface area contributed by atoms with Gasteiger partial charge >= 0.3 is 0 Å². The van der Waals surface area contributed by atoms with Crippen LogP contribution < -0.4 is 0 Å². The summed E-state index contributed by atoms with van der Waals surface area (Å²) >= 11 is 0. The van der Waals surface area contributed by atoms with Crippen molar-refractivity contribution in [2.45, 2.75) is 27.7 Å². The molecule has 0 unspecified atom stereocenters. The second kappa shape index (κ2) is 6.20. The third-order valence-electron chi connectivity index (χ3n) is 4.09. The van der Waals surface area contributed by atoms with Gasteiger partial charge in [-0.1, -0.05) is 12.1 Å². The van der Waals surface area contributed by atoms with Gasteiger partial charge in [0.15, 0.2) is 0 Å². The van der Waals surface area contributed by atoms with Crippen molar-refractivity contribution in [2.75, 3.05) is 0 Å². The minimum absolute atomic E-state index is 0.145. The summed E-state index contributed by atoms with van der Waals surface area (Å²) in [5.41, 5.74) is 3.86. The second-order valence-corrected chi connectivity index (χ2v) is 7.08. The zero-order valence-corrected chi connectivity index (χ0v) is 14.9. The van der Waals surface area contributed by atoms with Gasteiger partial charge in [0.2, 0.25) is 0 Å². The number of hydrogen-bond donors (Lipinski definition) is 2. The average molecular weight is 334 g/mol. The molecule has 0 atom stereocenters. The molecule has 0 amide bonds. The maximum absolute atomic E-state index is 10.4. The SMILES string of the molecule is Cc1ccc(C2=C(c3ccc(C)cc3O)N=CC(C)(C)C=N2)c(O)c1. The lowest BCUT2D eigenvalue weighted by molar-refractivity contribution is 0.471. The number of aryl methyl sites for hydroxylation is 2. The summed E-state index contributed by atoms with van der Waals surface area (Å²) < 4.78 is 0. The fourth-order valence-corrected chi connectivity index (χ4v) is 2.70. The molecule has 0 bridgehead atoms. The first kappa shape index (κ1) is 17.0. The molecule has 0 fully saturated rings. The van der Waals surface area contributed by atoms with Crippen LogP contribution in [0.15, 0.2) is 46.4 Å². The van der Waals surface area contributed by atoms with Crippen LogP contribution in [0.5, 0.6) is 11.5 Å². The molecule has 0 saturated heterocycles. The fourth-order valence-electron chi connectivity index (χ4n) is 2.70. The maximum atomic E-state index is 10.4. The molecule has 3 rings (SSSR count). The van der Waals surface area contributed by atoms with Gasteiger partial charge in [0.1, 0.15) is 11.5 Å². The molecule has 0 aliphatic carbocycles. The smallest absolute Gasteiger partial charge is 0.125 e. The highest BCUT2D eigenvalue weighted by molar-refractivity contribution is 6.03. The molecule has 0 spiro atoms. The molecule has 2 aromatic rings. The lowest BCUT2D eigenvalue weighted by atomic mass is 9.97. The highest BCUT2D eigenvalue weighted by atomic mass is 16.3. The molecule has 0 aromatic heterocycles. The van der Waals surface area contributed by atoms with E-state index >= 15 is 0 Å². The Morgan fingerprint density at radius 3 is 1.48 bits per heavy atom. The van der Waals surface area contributed by atoms with Crippen molar-refractivity contribution in [3.05, 3.63) is 58.7 Å². The molecule has 4 nitrogen and oxygen atoms in total. The van der Waals surface area contributed by atoms with E-state index in [0.717, 1.165) is 11.1 Å². The Hall–Kier alpha value is -2.88. The van der Waals surface area contributed by atoms with Crippen molar-refractivity contribution < 1.29 is 10.2 Å². The summed E-state index contributed by atoms with van der Waals surface area (Å²) in [6, 6.07) is 10.9. The Labute approximate surface area is 147 Å². The minimum atomic E-state index is -0.326. The number of nitrogens with zero attached hydrogens (tertiary/aromatic N) is 2. The van der Waals surface area contributed by atoms with Crippen LogP contribution in [0.4, 0.5) is 0 Å². The number of aliphatic imine (C=N–C) groups is 2. The maximum Gasteiger partial charge on any atom is 0.125 e. The normalized spacial score (nSPS) is 16.2. The first-order chi connectivity index (χ1) is 11.8. The molecule has 4 heteroatoms. The van der Waals surface area contributed by atoms with Gasteiger partial charge in [-0.3, -0.25) is 9.98 Å². The van der Waals surface area contributed by atoms with Crippen LogP contribution in [0.25, 0.3) is 11.4 Å². The van der Waals surface area contributed by atoms with E-state index in [2.05, 4.69) is 9.98 Å². The summed E-state index contributed by atoms with van der Waals surface area (Å²) in [6.45, 7) is 7.85. The Kier molecular flexibility index (Phi) is 4.21. The van der Waals surface area contributed by atoms with Gasteiger partial charge in [-0.2, -0.15) is 0 Å². The Morgan fingerprint density at radius 1 is 0.720 bits per heavy atom. The highest BCUT2D eigenvalue weighted by Gasteiger charge is 2.22. The molecule has 2 N–H and O–H groups in total. The van der Waals surface area contributed by atoms with Gasteiger partial charge in [-0.25, -0.2) is 0 Å². The molecule has 0 radical (unpaired) electrons. The lowest BCUT2D eigenvalue weighted by Crippen LogP contribution is -2.13. The molecule has 1 aliphatic rings. The van der Waals surface area contributed by atoms with Crippen molar-refractivity contribution in [3.63, 3.8) is 0 Å². The molecule has 2 aromatic carbocycles. The monoisotopic (exact) mass is 334 g/mol. The van der Waals surface area contributed by atoms with E-state index in [0.29, 0.717) is 22.5 Å². The number of rotatable bonds is 2. The number of aromatic hydroxyl groups is 2. The summed E-state index contributed by atoms with van der Waals surface area (Å²) in [7, 11) is 0. The van der Waals surface area contributed by atoms with E-state index in [9.17, 15) is 10.2 Å². The zero-order chi connectivity index (χ0) is 18.2. The zero-order valence-electron chi connectivity index (χ0n) is 14.9. The van der Waals surface area contributed by atoms with Crippen molar-refractivity contribution in [1.29, 1.82) is 0 Å². The second-order valence-electron chi connectivity index (χ2n) is 7.08. The Bertz CT molecular complexity index is 848.